The van der Waals surface area contributed by atoms with E-state index in [0.29, 0.717) is 0 Å². The van der Waals surface area contributed by atoms with Gasteiger partial charge in [0.25, 0.3) is 0 Å². The summed E-state index contributed by atoms with van der Waals surface area (Å²) in [6, 6.07) is -3.30. The number of carbonyl (C=O) groups is 5. The Balaban J connectivity index is 5.12. The van der Waals surface area contributed by atoms with E-state index in [0.717, 1.165) is 0 Å². The molecular weight excluding hydrogens is 358 g/mol. The van der Waals surface area contributed by atoms with E-state index in [1.807, 2.05) is 0 Å². The number of rotatable bonds is 12. The third-order valence-corrected chi connectivity index (χ3v) is 3.59. The van der Waals surface area contributed by atoms with Gasteiger partial charge in [0.1, 0.15) is 18.1 Å². The molecule has 0 aromatic rings. The maximum atomic E-state index is 12.4. The molecule has 3 atom stereocenters. The van der Waals surface area contributed by atoms with Crippen LogP contribution in [0.3, 0.4) is 0 Å². The maximum Gasteiger partial charge on any atom is 0.326 e. The highest BCUT2D eigenvalue weighted by Crippen LogP contribution is 2.07. The predicted molar refractivity (Wildman–Crippen MR) is 96.0 cm³/mol. The summed E-state index contributed by atoms with van der Waals surface area (Å²) in [5.74, 6) is -3.87. The molecule has 3 unspecified atom stereocenters. The number of carboxylic acids is 1. The second kappa shape index (κ2) is 11.8. The quantitative estimate of drug-likeness (QED) is 0.219. The number of carboxylic acid groups (broad SMARTS) is 1. The van der Waals surface area contributed by atoms with Crippen LogP contribution in [0.2, 0.25) is 0 Å². The molecule has 0 rings (SSSR count). The molecule has 0 aromatic carbocycles. The van der Waals surface area contributed by atoms with Crippen molar-refractivity contribution in [3.05, 3.63) is 0 Å². The molecule has 0 spiro atoms. The van der Waals surface area contributed by atoms with E-state index in [1.165, 1.54) is 6.92 Å². The summed E-state index contributed by atoms with van der Waals surface area (Å²) < 4.78 is 0. The molecule has 0 aliphatic carbocycles. The van der Waals surface area contributed by atoms with Crippen LogP contribution in [0.25, 0.3) is 0 Å². The molecule has 154 valence electrons. The molecule has 11 nitrogen and oxygen atoms in total. The Labute approximate surface area is 157 Å². The molecule has 0 bridgehead atoms. The van der Waals surface area contributed by atoms with Crippen LogP contribution in [0.5, 0.6) is 0 Å². The Morgan fingerprint density at radius 3 is 1.93 bits per heavy atom. The normalized spacial score (nSPS) is 14.0. The minimum atomic E-state index is -1.21. The fourth-order valence-electron chi connectivity index (χ4n) is 2.18. The Kier molecular flexibility index (Phi) is 10.7. The van der Waals surface area contributed by atoms with Gasteiger partial charge in [0.2, 0.25) is 23.6 Å². The van der Waals surface area contributed by atoms with Crippen LogP contribution in [0.4, 0.5) is 0 Å². The van der Waals surface area contributed by atoms with Gasteiger partial charge in [-0.15, -0.1) is 0 Å². The van der Waals surface area contributed by atoms with Crippen molar-refractivity contribution in [1.29, 1.82) is 0 Å². The van der Waals surface area contributed by atoms with E-state index >= 15 is 0 Å². The van der Waals surface area contributed by atoms with Gasteiger partial charge >= 0.3 is 5.97 Å². The third kappa shape index (κ3) is 10.1. The summed E-state index contributed by atoms with van der Waals surface area (Å²) >= 11 is 0. The van der Waals surface area contributed by atoms with Gasteiger partial charge in [0.05, 0.1) is 6.54 Å². The minimum Gasteiger partial charge on any atom is -0.480 e. The zero-order valence-corrected chi connectivity index (χ0v) is 15.8. The molecule has 8 N–H and O–H groups in total. The van der Waals surface area contributed by atoms with E-state index in [2.05, 4.69) is 16.0 Å². The van der Waals surface area contributed by atoms with Crippen molar-refractivity contribution in [2.75, 3.05) is 6.54 Å². The van der Waals surface area contributed by atoms with Crippen LogP contribution in [0.15, 0.2) is 0 Å². The third-order valence-electron chi connectivity index (χ3n) is 3.59. The van der Waals surface area contributed by atoms with Crippen molar-refractivity contribution in [1.82, 2.24) is 16.0 Å². The van der Waals surface area contributed by atoms with Crippen molar-refractivity contribution in [2.24, 2.45) is 17.4 Å². The Hall–Kier alpha value is -2.69. The first-order chi connectivity index (χ1) is 12.5. The average Bonchev–Trinajstić information content (AvgIpc) is 2.56. The molecule has 0 saturated heterocycles. The zero-order chi connectivity index (χ0) is 21.1. The zero-order valence-electron chi connectivity index (χ0n) is 15.8. The average molecular weight is 387 g/mol. The SMILES string of the molecule is CC(C)CC(NC(=O)C(CCC(N)=O)NC(=O)C(C)NC(=O)CN)C(=O)O. The summed E-state index contributed by atoms with van der Waals surface area (Å²) in [5, 5.41) is 16.3. The standard InChI is InChI=1S/C16H29N5O6/c1-8(2)6-11(16(26)27)21-15(25)10(4-5-12(18)22)20-14(24)9(3)19-13(23)7-17/h8-11H,4-7,17H2,1-3H3,(H2,18,22)(H,19,23)(H,20,24)(H,21,25)(H,26,27). The van der Waals surface area contributed by atoms with Gasteiger partial charge in [-0.1, -0.05) is 13.8 Å². The minimum absolute atomic E-state index is 0.0107. The predicted octanol–water partition coefficient (Wildman–Crippen LogP) is -2.18. The van der Waals surface area contributed by atoms with Crippen molar-refractivity contribution in [3.63, 3.8) is 0 Å². The number of hydrogen-bond acceptors (Lipinski definition) is 6. The fraction of sp³-hybridized carbons (Fsp3) is 0.688. The van der Waals surface area contributed by atoms with Crippen LogP contribution in [0, 0.1) is 5.92 Å². The van der Waals surface area contributed by atoms with E-state index in [4.69, 9.17) is 11.5 Å². The van der Waals surface area contributed by atoms with E-state index in [1.54, 1.807) is 13.8 Å². The lowest BCUT2D eigenvalue weighted by atomic mass is 10.0. The monoisotopic (exact) mass is 387 g/mol. The molecular formula is C16H29N5O6. The van der Waals surface area contributed by atoms with E-state index in [-0.39, 0.29) is 31.7 Å². The number of amides is 4. The molecule has 0 radical (unpaired) electrons. The van der Waals surface area contributed by atoms with Gasteiger partial charge < -0.3 is 32.5 Å². The maximum absolute atomic E-state index is 12.4. The second-order valence-corrected chi connectivity index (χ2v) is 6.59. The fourth-order valence-corrected chi connectivity index (χ4v) is 2.18. The van der Waals surface area contributed by atoms with E-state index in [9.17, 15) is 29.1 Å². The van der Waals surface area contributed by atoms with Crippen molar-refractivity contribution in [2.45, 2.75) is 58.2 Å². The lowest BCUT2D eigenvalue weighted by molar-refractivity contribution is -0.143. The highest BCUT2D eigenvalue weighted by atomic mass is 16.4. The highest BCUT2D eigenvalue weighted by molar-refractivity contribution is 5.93. The molecule has 0 aliphatic heterocycles. The molecule has 0 fully saturated rings. The highest BCUT2D eigenvalue weighted by Gasteiger charge is 2.28. The molecule has 0 saturated carbocycles. The van der Waals surface area contributed by atoms with Crippen LogP contribution in [0.1, 0.15) is 40.0 Å². The number of carbonyl (C=O) groups excluding carboxylic acids is 4. The summed E-state index contributed by atoms with van der Waals surface area (Å²) in [7, 11) is 0. The molecule has 0 heterocycles. The second-order valence-electron chi connectivity index (χ2n) is 6.59. The van der Waals surface area contributed by atoms with Crippen LogP contribution >= 0.6 is 0 Å². The molecule has 27 heavy (non-hydrogen) atoms. The van der Waals surface area contributed by atoms with Gasteiger partial charge in [0, 0.05) is 6.42 Å². The lowest BCUT2D eigenvalue weighted by Gasteiger charge is -2.23. The van der Waals surface area contributed by atoms with E-state index < -0.39 is 47.7 Å². The Bertz CT molecular complexity index is 566. The van der Waals surface area contributed by atoms with Crippen molar-refractivity contribution >= 4 is 29.6 Å². The number of primary amides is 1. The smallest absolute Gasteiger partial charge is 0.326 e. The van der Waals surface area contributed by atoms with Gasteiger partial charge in [-0.25, -0.2) is 4.79 Å². The first kappa shape index (κ1) is 24.3. The Morgan fingerprint density at radius 2 is 1.48 bits per heavy atom. The lowest BCUT2D eigenvalue weighted by Crippen LogP contribution is -2.55. The number of aliphatic carboxylic acids is 1. The van der Waals surface area contributed by atoms with Crippen LogP contribution in [-0.4, -0.2) is 59.4 Å². The Morgan fingerprint density at radius 1 is 0.926 bits per heavy atom. The van der Waals surface area contributed by atoms with Crippen molar-refractivity contribution in [3.8, 4) is 0 Å². The summed E-state index contributed by atoms with van der Waals surface area (Å²) in [6.07, 6.45) is -0.108. The summed E-state index contributed by atoms with van der Waals surface area (Å²) in [6.45, 7) is 4.69. The topological polar surface area (TPSA) is 194 Å². The molecule has 0 aliphatic rings. The number of nitrogens with one attached hydrogen (secondary N) is 3. The molecule has 0 aromatic heterocycles. The largest absolute Gasteiger partial charge is 0.480 e. The molecule has 4 amide bonds. The van der Waals surface area contributed by atoms with Gasteiger partial charge in [-0.2, -0.15) is 0 Å². The summed E-state index contributed by atoms with van der Waals surface area (Å²) in [5.41, 5.74) is 10.2. The number of hydrogen-bond donors (Lipinski definition) is 6. The van der Waals surface area contributed by atoms with Gasteiger partial charge in [-0.05, 0) is 25.7 Å². The van der Waals surface area contributed by atoms with Crippen LogP contribution < -0.4 is 27.4 Å². The van der Waals surface area contributed by atoms with Crippen LogP contribution in [-0.2, 0) is 24.0 Å². The number of nitrogens with two attached hydrogens (primary N) is 2. The molecule has 11 heteroatoms. The van der Waals surface area contributed by atoms with Gasteiger partial charge in [-0.3, -0.25) is 19.2 Å². The first-order valence-corrected chi connectivity index (χ1v) is 8.59. The summed E-state index contributed by atoms with van der Waals surface area (Å²) in [4.78, 5) is 58.2. The van der Waals surface area contributed by atoms with Gasteiger partial charge in [0.15, 0.2) is 0 Å². The first-order valence-electron chi connectivity index (χ1n) is 8.59. The van der Waals surface area contributed by atoms with Crippen molar-refractivity contribution < 1.29 is 29.1 Å².